The summed E-state index contributed by atoms with van der Waals surface area (Å²) < 4.78 is 0. The molecule has 0 radical (unpaired) electrons. The zero-order valence-electron chi connectivity index (χ0n) is 36.5. The molecule has 2 aliphatic rings. The maximum absolute atomic E-state index is 2.51. The summed E-state index contributed by atoms with van der Waals surface area (Å²) in [6.45, 7) is 4.73. The summed E-state index contributed by atoms with van der Waals surface area (Å²) in [5, 5.41) is 7.74. The Balaban J connectivity index is 1.00. The maximum Gasteiger partial charge on any atom is 0.0732 e. The Morgan fingerprint density at radius 2 is 0.862 bits per heavy atom. The lowest BCUT2D eigenvalue weighted by Crippen LogP contribution is -2.26. The van der Waals surface area contributed by atoms with Gasteiger partial charge in [0.15, 0.2) is 0 Å². The fourth-order valence-electron chi connectivity index (χ4n) is 11.7. The highest BCUT2D eigenvalue weighted by Gasteiger charge is 2.52. The molecule has 0 bridgehead atoms. The zero-order chi connectivity index (χ0) is 43.3. The van der Waals surface area contributed by atoms with E-state index in [0.29, 0.717) is 0 Å². The van der Waals surface area contributed by atoms with Crippen molar-refractivity contribution < 1.29 is 0 Å². The fraction of sp³-hybridized carbons (Fsp3) is 0.0625. The highest BCUT2D eigenvalue weighted by molar-refractivity contribution is 6.09. The second-order valence-electron chi connectivity index (χ2n) is 18.4. The van der Waals surface area contributed by atoms with Crippen molar-refractivity contribution in [3.05, 3.63) is 270 Å². The molecular weight excluding hydrogens is 783 g/mol. The highest BCUT2D eigenvalue weighted by Crippen LogP contribution is 2.64. The molecule has 0 amide bonds. The van der Waals surface area contributed by atoms with Gasteiger partial charge in [0.2, 0.25) is 0 Å². The topological polar surface area (TPSA) is 3.24 Å². The molecule has 0 aliphatic heterocycles. The summed E-state index contributed by atoms with van der Waals surface area (Å²) in [6.07, 6.45) is 0. The van der Waals surface area contributed by atoms with Crippen LogP contribution in [0.25, 0.3) is 65.7 Å². The van der Waals surface area contributed by atoms with E-state index in [1.165, 1.54) is 99.1 Å². The number of benzene rings is 11. The molecule has 0 saturated heterocycles. The van der Waals surface area contributed by atoms with Crippen LogP contribution in [0, 0.1) is 0 Å². The summed E-state index contributed by atoms with van der Waals surface area (Å²) >= 11 is 0. The number of rotatable bonds is 6. The molecule has 1 heteroatoms. The predicted molar refractivity (Wildman–Crippen MR) is 274 cm³/mol. The molecule has 1 spiro atoms. The van der Waals surface area contributed by atoms with Crippen LogP contribution in [0.1, 0.15) is 47.2 Å². The molecule has 1 nitrogen and oxygen atoms in total. The standard InChI is InChI=1S/C64H45N/c1-63(2,58-26-14-23-52-50-19-8-6-17-44(50)29-38-55(52)58)46-31-35-48(36-32-46)65(47-33-27-43(28-34-47)42-15-4-3-5-16-42)49-37-40-56-57-39-30-45-18-7-9-20-51(45)62(57)64(61(56)41-49)59-24-12-10-21-53(59)54-22-11-13-25-60(54)64/h3-41H,1-2H3. The van der Waals surface area contributed by atoms with E-state index in [4.69, 9.17) is 0 Å². The largest absolute Gasteiger partial charge is 0.310 e. The molecule has 13 rings (SSSR count). The number of fused-ring (bicyclic) bond motifs is 15. The van der Waals surface area contributed by atoms with Crippen molar-refractivity contribution in [3.8, 4) is 33.4 Å². The Morgan fingerprint density at radius 1 is 0.338 bits per heavy atom. The number of hydrogen-bond acceptors (Lipinski definition) is 1. The van der Waals surface area contributed by atoms with Crippen LogP contribution in [0.3, 0.4) is 0 Å². The van der Waals surface area contributed by atoms with Crippen LogP contribution in [0.15, 0.2) is 237 Å². The summed E-state index contributed by atoms with van der Waals surface area (Å²) in [6, 6.07) is 88.3. The first-order chi connectivity index (χ1) is 32.0. The van der Waals surface area contributed by atoms with E-state index in [0.717, 1.165) is 17.1 Å². The molecule has 0 unspecified atom stereocenters. The molecule has 65 heavy (non-hydrogen) atoms. The smallest absolute Gasteiger partial charge is 0.0732 e. The summed E-state index contributed by atoms with van der Waals surface area (Å²) in [5.74, 6) is 0. The van der Waals surface area contributed by atoms with Gasteiger partial charge in [-0.15, -0.1) is 0 Å². The average Bonchev–Trinajstić information content (AvgIpc) is 3.84. The van der Waals surface area contributed by atoms with Gasteiger partial charge in [-0.3, -0.25) is 0 Å². The predicted octanol–water partition coefficient (Wildman–Crippen LogP) is 17.0. The van der Waals surface area contributed by atoms with Crippen molar-refractivity contribution in [1.82, 2.24) is 0 Å². The van der Waals surface area contributed by atoms with Crippen molar-refractivity contribution in [2.45, 2.75) is 24.7 Å². The summed E-state index contributed by atoms with van der Waals surface area (Å²) in [5.41, 5.74) is 18.2. The van der Waals surface area contributed by atoms with E-state index in [1.54, 1.807) is 0 Å². The Kier molecular flexibility index (Phi) is 8.24. The molecule has 0 saturated carbocycles. The molecule has 11 aromatic rings. The van der Waals surface area contributed by atoms with Gasteiger partial charge < -0.3 is 4.90 Å². The van der Waals surface area contributed by atoms with E-state index in [2.05, 4.69) is 255 Å². The maximum atomic E-state index is 2.51. The molecular formula is C64H45N. The van der Waals surface area contributed by atoms with Crippen LogP contribution in [0.2, 0.25) is 0 Å². The van der Waals surface area contributed by atoms with Crippen molar-refractivity contribution in [2.24, 2.45) is 0 Å². The fourth-order valence-corrected chi connectivity index (χ4v) is 11.7. The molecule has 0 aromatic heterocycles. The second-order valence-corrected chi connectivity index (χ2v) is 18.4. The third-order valence-electron chi connectivity index (χ3n) is 14.8. The van der Waals surface area contributed by atoms with Gasteiger partial charge in [0.05, 0.1) is 5.41 Å². The Bertz CT molecular complexity index is 3630. The van der Waals surface area contributed by atoms with Crippen LogP contribution in [0.4, 0.5) is 17.1 Å². The summed E-state index contributed by atoms with van der Waals surface area (Å²) in [4.78, 5) is 2.46. The number of anilines is 3. The minimum absolute atomic E-state index is 0.250. The van der Waals surface area contributed by atoms with Gasteiger partial charge in [-0.25, -0.2) is 0 Å². The number of hydrogen-bond donors (Lipinski definition) is 0. The molecule has 11 aromatic carbocycles. The minimum atomic E-state index is -0.491. The lowest BCUT2D eigenvalue weighted by Gasteiger charge is -2.33. The van der Waals surface area contributed by atoms with Crippen molar-refractivity contribution in [1.29, 1.82) is 0 Å². The Hall–Kier alpha value is -8.00. The van der Waals surface area contributed by atoms with Crippen LogP contribution in [-0.2, 0) is 10.8 Å². The highest BCUT2D eigenvalue weighted by atomic mass is 15.1. The van der Waals surface area contributed by atoms with Crippen molar-refractivity contribution >= 4 is 49.4 Å². The van der Waals surface area contributed by atoms with Crippen molar-refractivity contribution in [2.75, 3.05) is 4.90 Å². The van der Waals surface area contributed by atoms with Crippen LogP contribution in [0.5, 0.6) is 0 Å². The molecule has 306 valence electrons. The molecule has 0 fully saturated rings. The third kappa shape index (κ3) is 5.46. The zero-order valence-corrected chi connectivity index (χ0v) is 36.5. The van der Waals surface area contributed by atoms with Gasteiger partial charge in [-0.05, 0) is 135 Å². The first kappa shape index (κ1) is 37.5. The SMILES string of the molecule is CC(C)(c1ccc(N(c2ccc(-c3ccccc3)cc2)c2ccc3c(c2)C2(c4ccccc4-c4ccccc42)c2c-3ccc3ccccc23)cc1)c1cccc2c1ccc1ccccc12. The van der Waals surface area contributed by atoms with Crippen LogP contribution < -0.4 is 4.90 Å². The number of nitrogens with zero attached hydrogens (tertiary/aromatic N) is 1. The third-order valence-corrected chi connectivity index (χ3v) is 14.8. The first-order valence-corrected chi connectivity index (χ1v) is 22.8. The molecule has 2 aliphatic carbocycles. The van der Waals surface area contributed by atoms with E-state index in [1.807, 2.05) is 0 Å². The lowest BCUT2D eigenvalue weighted by molar-refractivity contribution is 0.647. The van der Waals surface area contributed by atoms with Crippen molar-refractivity contribution in [3.63, 3.8) is 0 Å². The van der Waals surface area contributed by atoms with E-state index < -0.39 is 5.41 Å². The van der Waals surface area contributed by atoms with E-state index in [-0.39, 0.29) is 5.41 Å². The quantitative estimate of drug-likeness (QED) is 0.151. The van der Waals surface area contributed by atoms with Gasteiger partial charge in [-0.1, -0.05) is 214 Å². The average molecular weight is 828 g/mol. The summed E-state index contributed by atoms with van der Waals surface area (Å²) in [7, 11) is 0. The van der Waals surface area contributed by atoms with Gasteiger partial charge in [0.1, 0.15) is 0 Å². The van der Waals surface area contributed by atoms with Gasteiger partial charge in [0.25, 0.3) is 0 Å². The van der Waals surface area contributed by atoms with Crippen LogP contribution >= 0.6 is 0 Å². The van der Waals surface area contributed by atoms with Crippen LogP contribution in [-0.4, -0.2) is 0 Å². The van der Waals surface area contributed by atoms with Gasteiger partial charge >= 0.3 is 0 Å². The molecule has 0 atom stereocenters. The van der Waals surface area contributed by atoms with E-state index >= 15 is 0 Å². The molecule has 0 N–H and O–H groups in total. The first-order valence-electron chi connectivity index (χ1n) is 22.8. The van der Waals surface area contributed by atoms with E-state index in [9.17, 15) is 0 Å². The minimum Gasteiger partial charge on any atom is -0.310 e. The van der Waals surface area contributed by atoms with Gasteiger partial charge in [-0.2, -0.15) is 0 Å². The second kappa shape index (κ2) is 14.3. The Labute approximate surface area is 380 Å². The molecule has 0 heterocycles. The normalized spacial score (nSPS) is 13.2. The monoisotopic (exact) mass is 827 g/mol. The Morgan fingerprint density at radius 3 is 1.58 bits per heavy atom. The van der Waals surface area contributed by atoms with Gasteiger partial charge in [0, 0.05) is 22.5 Å². The lowest BCUT2D eigenvalue weighted by atomic mass is 9.69.